The number of likely N-dealkylation sites (tertiary alicyclic amines) is 1. The van der Waals surface area contributed by atoms with Crippen LogP contribution in [0.5, 0.6) is 0 Å². The van der Waals surface area contributed by atoms with E-state index in [1.807, 2.05) is 11.8 Å². The molecule has 1 amide bonds. The predicted octanol–water partition coefficient (Wildman–Crippen LogP) is 2.37. The standard InChI is InChI=1S/C18H32N2O3.ClH/c1-13-3-5-15(6-4-13)23-16-7-10-20(11-8-16)18(21)17-14(2)22-12-9-19-17;/h13-17,19H,3-12H2,1-2H3;1H/t13?,14-,15?,17+;/m1./s1. The summed E-state index contributed by atoms with van der Waals surface area (Å²) in [6.45, 7) is 7.41. The van der Waals surface area contributed by atoms with Crippen molar-refractivity contribution in [3.05, 3.63) is 0 Å². The molecule has 0 aromatic rings. The maximum atomic E-state index is 12.6. The number of amides is 1. The highest BCUT2D eigenvalue weighted by molar-refractivity contribution is 5.85. The van der Waals surface area contributed by atoms with Gasteiger partial charge in [0.05, 0.1) is 24.9 Å². The van der Waals surface area contributed by atoms with Gasteiger partial charge in [-0.3, -0.25) is 4.79 Å². The molecule has 0 aromatic heterocycles. The highest BCUT2D eigenvalue weighted by Crippen LogP contribution is 2.28. The van der Waals surface area contributed by atoms with E-state index in [1.165, 1.54) is 25.7 Å². The average Bonchev–Trinajstić information content (AvgIpc) is 2.57. The minimum Gasteiger partial charge on any atom is -0.375 e. The van der Waals surface area contributed by atoms with Gasteiger partial charge < -0.3 is 19.7 Å². The zero-order valence-electron chi connectivity index (χ0n) is 15.0. The van der Waals surface area contributed by atoms with E-state index in [9.17, 15) is 4.79 Å². The van der Waals surface area contributed by atoms with Crippen molar-refractivity contribution in [2.75, 3.05) is 26.2 Å². The second-order valence-electron chi connectivity index (χ2n) is 7.55. The molecule has 24 heavy (non-hydrogen) atoms. The van der Waals surface area contributed by atoms with Crippen molar-refractivity contribution >= 4 is 18.3 Å². The lowest BCUT2D eigenvalue weighted by molar-refractivity contribution is -0.143. The van der Waals surface area contributed by atoms with Crippen molar-refractivity contribution in [2.45, 2.75) is 76.7 Å². The van der Waals surface area contributed by atoms with Gasteiger partial charge in [0.1, 0.15) is 6.04 Å². The first-order valence-corrected chi connectivity index (χ1v) is 9.42. The fourth-order valence-corrected chi connectivity index (χ4v) is 4.06. The summed E-state index contributed by atoms with van der Waals surface area (Å²) in [5.74, 6) is 1.06. The summed E-state index contributed by atoms with van der Waals surface area (Å²) in [6.07, 6.45) is 7.72. The van der Waals surface area contributed by atoms with Crippen LogP contribution < -0.4 is 5.32 Å². The molecule has 0 spiro atoms. The Morgan fingerprint density at radius 3 is 2.29 bits per heavy atom. The Balaban J connectivity index is 0.00000208. The van der Waals surface area contributed by atoms with Crippen LogP contribution in [-0.4, -0.2) is 61.4 Å². The zero-order valence-corrected chi connectivity index (χ0v) is 15.9. The summed E-state index contributed by atoms with van der Waals surface area (Å²) in [4.78, 5) is 14.6. The zero-order chi connectivity index (χ0) is 16.2. The Hall–Kier alpha value is -0.360. The van der Waals surface area contributed by atoms with E-state index < -0.39 is 0 Å². The topological polar surface area (TPSA) is 50.8 Å². The molecule has 3 aliphatic rings. The predicted molar refractivity (Wildman–Crippen MR) is 96.6 cm³/mol. The van der Waals surface area contributed by atoms with Gasteiger partial charge in [0.15, 0.2) is 0 Å². The molecular weight excluding hydrogens is 328 g/mol. The lowest BCUT2D eigenvalue weighted by atomic mass is 9.88. The highest BCUT2D eigenvalue weighted by atomic mass is 35.5. The first kappa shape index (κ1) is 20.0. The molecule has 0 unspecified atom stereocenters. The smallest absolute Gasteiger partial charge is 0.242 e. The van der Waals surface area contributed by atoms with Crippen LogP contribution in [0, 0.1) is 5.92 Å². The van der Waals surface area contributed by atoms with Gasteiger partial charge in [0.25, 0.3) is 0 Å². The minimum atomic E-state index is -0.180. The molecular formula is C18H33ClN2O3. The first-order valence-electron chi connectivity index (χ1n) is 9.42. The van der Waals surface area contributed by atoms with Gasteiger partial charge in [-0.05, 0) is 51.4 Å². The molecule has 0 bridgehead atoms. The van der Waals surface area contributed by atoms with Crippen molar-refractivity contribution in [1.29, 1.82) is 0 Å². The monoisotopic (exact) mass is 360 g/mol. The normalized spacial score (nSPS) is 35.3. The third kappa shape index (κ3) is 5.07. The van der Waals surface area contributed by atoms with E-state index in [-0.39, 0.29) is 30.5 Å². The number of rotatable bonds is 3. The Kier molecular flexibility index (Phi) is 7.79. The lowest BCUT2D eigenvalue weighted by Crippen LogP contribution is -2.57. The number of hydrogen-bond acceptors (Lipinski definition) is 4. The summed E-state index contributed by atoms with van der Waals surface area (Å²) < 4.78 is 11.9. The van der Waals surface area contributed by atoms with Crippen LogP contribution in [0.15, 0.2) is 0 Å². The van der Waals surface area contributed by atoms with Crippen LogP contribution in [0.1, 0.15) is 52.4 Å². The van der Waals surface area contributed by atoms with E-state index in [2.05, 4.69) is 12.2 Å². The van der Waals surface area contributed by atoms with Gasteiger partial charge in [0, 0.05) is 19.6 Å². The molecule has 0 aromatic carbocycles. The van der Waals surface area contributed by atoms with Gasteiger partial charge >= 0.3 is 0 Å². The van der Waals surface area contributed by atoms with Crippen LogP contribution in [0.25, 0.3) is 0 Å². The Morgan fingerprint density at radius 1 is 1.04 bits per heavy atom. The van der Waals surface area contributed by atoms with E-state index in [0.717, 1.165) is 38.4 Å². The quantitative estimate of drug-likeness (QED) is 0.839. The van der Waals surface area contributed by atoms with Crippen LogP contribution >= 0.6 is 12.4 Å². The molecule has 2 saturated heterocycles. The van der Waals surface area contributed by atoms with Crippen LogP contribution in [0.2, 0.25) is 0 Å². The third-order valence-electron chi connectivity index (χ3n) is 5.68. The SMILES string of the molecule is CC1CCC(OC2CCN(C(=O)[C@H]3NCCO[C@@H]3C)CC2)CC1.Cl. The number of carbonyl (C=O) groups excluding carboxylic acids is 1. The molecule has 1 N–H and O–H groups in total. The Labute approximate surface area is 152 Å². The molecule has 140 valence electrons. The number of nitrogens with zero attached hydrogens (tertiary/aromatic N) is 1. The van der Waals surface area contributed by atoms with Crippen LogP contribution in [-0.2, 0) is 14.3 Å². The molecule has 0 radical (unpaired) electrons. The number of piperidine rings is 1. The van der Waals surface area contributed by atoms with Gasteiger partial charge in [-0.15, -0.1) is 12.4 Å². The first-order chi connectivity index (χ1) is 11.1. The molecule has 2 aliphatic heterocycles. The fraction of sp³-hybridized carbons (Fsp3) is 0.944. The Morgan fingerprint density at radius 2 is 1.67 bits per heavy atom. The molecule has 1 aliphatic carbocycles. The molecule has 5 nitrogen and oxygen atoms in total. The molecule has 1 saturated carbocycles. The van der Waals surface area contributed by atoms with E-state index in [0.29, 0.717) is 18.8 Å². The molecule has 2 atom stereocenters. The van der Waals surface area contributed by atoms with E-state index >= 15 is 0 Å². The van der Waals surface area contributed by atoms with Gasteiger partial charge in [-0.25, -0.2) is 0 Å². The van der Waals surface area contributed by atoms with E-state index in [1.54, 1.807) is 0 Å². The van der Waals surface area contributed by atoms with Crippen molar-refractivity contribution in [1.82, 2.24) is 10.2 Å². The summed E-state index contributed by atoms with van der Waals surface area (Å²) >= 11 is 0. The lowest BCUT2D eigenvalue weighted by Gasteiger charge is -2.38. The van der Waals surface area contributed by atoms with Crippen molar-refractivity contribution < 1.29 is 14.3 Å². The molecule has 3 fully saturated rings. The number of hydrogen-bond donors (Lipinski definition) is 1. The third-order valence-corrected chi connectivity index (χ3v) is 5.68. The summed E-state index contributed by atoms with van der Waals surface area (Å²) in [7, 11) is 0. The minimum absolute atomic E-state index is 0. The second kappa shape index (κ2) is 9.37. The van der Waals surface area contributed by atoms with Gasteiger partial charge in [0.2, 0.25) is 5.91 Å². The molecule has 6 heteroatoms. The largest absolute Gasteiger partial charge is 0.375 e. The fourth-order valence-electron chi connectivity index (χ4n) is 4.06. The number of ether oxygens (including phenoxy) is 2. The molecule has 3 rings (SSSR count). The number of carbonyl (C=O) groups is 1. The summed E-state index contributed by atoms with van der Waals surface area (Å²) in [6, 6.07) is -0.180. The van der Waals surface area contributed by atoms with Crippen molar-refractivity contribution in [3.63, 3.8) is 0 Å². The van der Waals surface area contributed by atoms with E-state index in [4.69, 9.17) is 9.47 Å². The Bertz CT molecular complexity index is 394. The van der Waals surface area contributed by atoms with Crippen LogP contribution in [0.4, 0.5) is 0 Å². The van der Waals surface area contributed by atoms with Crippen LogP contribution in [0.3, 0.4) is 0 Å². The number of nitrogens with one attached hydrogen (secondary N) is 1. The van der Waals surface area contributed by atoms with Crippen molar-refractivity contribution in [3.8, 4) is 0 Å². The van der Waals surface area contributed by atoms with Gasteiger partial charge in [-0.1, -0.05) is 6.92 Å². The average molecular weight is 361 g/mol. The van der Waals surface area contributed by atoms with Gasteiger partial charge in [-0.2, -0.15) is 0 Å². The molecule has 2 heterocycles. The summed E-state index contributed by atoms with van der Waals surface area (Å²) in [5, 5.41) is 3.30. The maximum absolute atomic E-state index is 12.6. The maximum Gasteiger partial charge on any atom is 0.242 e. The number of halogens is 1. The summed E-state index contributed by atoms with van der Waals surface area (Å²) in [5.41, 5.74) is 0. The van der Waals surface area contributed by atoms with Crippen molar-refractivity contribution in [2.24, 2.45) is 5.92 Å². The number of morpholine rings is 1. The second-order valence-corrected chi connectivity index (χ2v) is 7.55. The highest BCUT2D eigenvalue weighted by Gasteiger charge is 2.34.